The highest BCUT2D eigenvalue weighted by Crippen LogP contribution is 2.42. The van der Waals surface area contributed by atoms with Gasteiger partial charge in [0.1, 0.15) is 0 Å². The minimum atomic E-state index is -3.21. The Morgan fingerprint density at radius 3 is 0.986 bits per heavy atom. The van der Waals surface area contributed by atoms with E-state index in [4.69, 9.17) is 35.6 Å². The lowest BCUT2D eigenvalue weighted by atomic mass is 9.97. The lowest BCUT2D eigenvalue weighted by Gasteiger charge is -2.30. The van der Waals surface area contributed by atoms with Crippen LogP contribution in [0.1, 0.15) is 206 Å². The number of nitrogens with zero attached hydrogens (tertiary/aromatic N) is 22. The largest absolute Gasteiger partial charge is 0.365 e. The quantitative estimate of drug-likeness (QED) is 0.0313. The molecule has 1 fully saturated rings. The Morgan fingerprint density at radius 2 is 0.717 bits per heavy atom. The monoisotopic (exact) mass is 1950 g/mol. The second kappa shape index (κ2) is 40.8. The summed E-state index contributed by atoms with van der Waals surface area (Å²) in [6.45, 7) is 11.1. The summed E-state index contributed by atoms with van der Waals surface area (Å²) < 4.78 is 40.5. The third-order valence-electron chi connectivity index (χ3n) is 24.9. The number of imidazole rings is 4. The molecule has 35 nitrogen and oxygen atoms in total. The van der Waals surface area contributed by atoms with Crippen molar-refractivity contribution < 1.29 is 27.6 Å². The molecule has 0 aromatic carbocycles. The summed E-state index contributed by atoms with van der Waals surface area (Å²) in [5.41, 5.74) is 28.5. The van der Waals surface area contributed by atoms with E-state index in [2.05, 4.69) is 129 Å². The Balaban J connectivity index is 0.000000123. The van der Waals surface area contributed by atoms with Crippen LogP contribution in [0.15, 0.2) is 148 Å². The molecule has 4 amide bonds. The van der Waals surface area contributed by atoms with Crippen molar-refractivity contribution in [2.45, 2.75) is 156 Å². The van der Waals surface area contributed by atoms with Crippen LogP contribution in [0.2, 0.25) is 0 Å². The number of carbonyl (C=O) groups is 4. The molecule has 1 aliphatic heterocycles. The lowest BCUT2D eigenvalue weighted by molar-refractivity contribution is 0.0830. The van der Waals surface area contributed by atoms with Gasteiger partial charge in [0, 0.05) is 140 Å². The normalized spacial score (nSPS) is 14.9. The van der Waals surface area contributed by atoms with E-state index in [0.717, 1.165) is 184 Å². The van der Waals surface area contributed by atoms with Crippen molar-refractivity contribution in [3.05, 3.63) is 212 Å². The molecule has 714 valence electrons. The first-order valence-electron chi connectivity index (χ1n) is 46.4. The molecule has 5 aliphatic rings. The van der Waals surface area contributed by atoms with Crippen LogP contribution in [0.4, 0.5) is 43.3 Å². The molecule has 0 atom stereocenters. The standard InChI is InChI=1S/C28H34N8O3S2.2C24H27N7OS.C22H23N7OS/c1-18-13-24(40-25(18)28(37)31-21-9-11-35(12-10-21)41(3,38)39)33-26-27-29-15-23(20-14-30-34(2)16-20)36(27)17-22(32-26)19-7-5-4-6-8-19;1-15-10-20(33-21(15)24(32)29(2)3)28-22-23-25-12-19(17-11-26-30(4)13-17)31(23)14-18(27-22)16-8-6-5-7-9-16;1-4-25-24(32)21-15(2)10-20(33-21)29-22-23-26-12-19(17-11-27-30(3)13-17)31(23)14-18(28-22)16-8-6-5-7-9-16;1-13-8-18(31-19(13)20(23)30)27-21-22-24-10-17(15-9-25-28(2)11-15)29(22)12-16(26-21)14-6-4-3-5-7-14/h7,13-17,21H,4-6,8-12H2,1-3H3,(H,31,37)(H,32,33);8,10-14H,5-7,9H2,1-4H3,(H,27,28);8,10-14H,4-7,9H2,1-3H3,(H,25,32)(H,28,29);6,8-12H,3-5,7H2,1-2H3,(H2,23,30)(H,26,27). The van der Waals surface area contributed by atoms with Gasteiger partial charge in [-0.25, -0.2) is 52.6 Å². The smallest absolute Gasteiger partial charge is 0.263 e. The predicted molar refractivity (Wildman–Crippen MR) is 547 cm³/mol. The SMILES string of the molecule is CCNC(=O)c1sc(Nc2nc(C3=CCCCC3)cn3c(-c4cnn(C)c4)cnc23)cc1C.Cc1cc(Nc2nc(C3=CCCCC3)cn3c(-c4cnn(C)c4)cnc23)sc1C(=O)N(C)C.Cc1cc(Nc2nc(C3=CCCCC3)cn3c(-c4cnn(C)c4)cnc23)sc1C(=O)NC1CCN(S(C)(=O)=O)CC1.Cc1cc(Nc2nc(C3=CCCCC3)cn3c(-c4cnn(C)c4)cnc23)sc1C(N)=O. The molecule has 1 saturated heterocycles. The molecule has 16 aromatic heterocycles. The molecule has 40 heteroatoms. The second-order valence-electron chi connectivity index (χ2n) is 35.6. The van der Waals surface area contributed by atoms with E-state index < -0.39 is 15.9 Å². The third-order valence-corrected chi connectivity index (χ3v) is 30.8. The summed E-state index contributed by atoms with van der Waals surface area (Å²) in [5.74, 6) is 2.03. The molecule has 21 rings (SSSR count). The van der Waals surface area contributed by atoms with Gasteiger partial charge in [-0.2, -0.15) is 20.4 Å². The van der Waals surface area contributed by atoms with Crippen LogP contribution in [0.3, 0.4) is 0 Å². The van der Waals surface area contributed by atoms with Crippen molar-refractivity contribution >= 4 is 167 Å². The number of amides is 4. The van der Waals surface area contributed by atoms with Crippen molar-refractivity contribution in [1.29, 1.82) is 0 Å². The van der Waals surface area contributed by atoms with E-state index in [-0.39, 0.29) is 23.8 Å². The van der Waals surface area contributed by atoms with Crippen LogP contribution < -0.4 is 37.6 Å². The number of hydrogen-bond donors (Lipinski definition) is 7. The fourth-order valence-corrected chi connectivity index (χ4v) is 22.7. The van der Waals surface area contributed by atoms with Crippen LogP contribution in [0.5, 0.6) is 0 Å². The van der Waals surface area contributed by atoms with Crippen molar-refractivity contribution in [2.75, 3.05) is 61.3 Å². The van der Waals surface area contributed by atoms with E-state index in [1.54, 1.807) is 37.7 Å². The van der Waals surface area contributed by atoms with E-state index in [9.17, 15) is 27.6 Å². The molecule has 16 aromatic rings. The van der Waals surface area contributed by atoms with Crippen molar-refractivity contribution in [3.8, 4) is 45.0 Å². The topological polar surface area (TPSA) is 399 Å². The predicted octanol–water partition coefficient (Wildman–Crippen LogP) is 18.5. The zero-order valence-electron chi connectivity index (χ0n) is 79.2. The Hall–Kier alpha value is -13.9. The molecular weight excluding hydrogens is 1840 g/mol. The number of allylic oxidation sites excluding steroid dienone is 8. The maximum absolute atomic E-state index is 13.2. The fourth-order valence-electron chi connectivity index (χ4n) is 17.8. The summed E-state index contributed by atoms with van der Waals surface area (Å²) in [4.78, 5) is 92.6. The van der Waals surface area contributed by atoms with E-state index in [1.807, 2.05) is 161 Å². The summed E-state index contributed by atoms with van der Waals surface area (Å²) in [5, 5.41) is 40.4. The van der Waals surface area contributed by atoms with Crippen molar-refractivity contribution in [3.63, 3.8) is 0 Å². The number of aryl methyl sites for hydroxylation is 8. The number of carbonyl (C=O) groups excluding carboxylic acids is 4. The number of hydrogen-bond acceptors (Lipinski definition) is 26. The number of thiophene rings is 4. The summed E-state index contributed by atoms with van der Waals surface area (Å²) in [6, 6.07) is 7.81. The Kier molecular flexibility index (Phi) is 27.9. The van der Waals surface area contributed by atoms with Gasteiger partial charge in [0.15, 0.2) is 45.9 Å². The maximum Gasteiger partial charge on any atom is 0.263 e. The van der Waals surface area contributed by atoms with Crippen LogP contribution >= 0.6 is 45.3 Å². The highest BCUT2D eigenvalue weighted by atomic mass is 32.2. The van der Waals surface area contributed by atoms with Gasteiger partial charge in [0.05, 0.1) is 141 Å². The molecule has 0 radical (unpaired) electrons. The molecule has 17 heterocycles. The highest BCUT2D eigenvalue weighted by Gasteiger charge is 2.30. The Bertz CT molecular complexity index is 7560. The average molecular weight is 1950 g/mol. The van der Waals surface area contributed by atoms with Gasteiger partial charge >= 0.3 is 0 Å². The minimum absolute atomic E-state index is 0.00411. The van der Waals surface area contributed by atoms with Gasteiger partial charge in [0.2, 0.25) is 10.0 Å². The number of nitrogens with one attached hydrogen (secondary N) is 6. The second-order valence-corrected chi connectivity index (χ2v) is 41.8. The van der Waals surface area contributed by atoms with Crippen molar-refractivity contribution in [1.82, 2.24) is 116 Å². The van der Waals surface area contributed by atoms with Gasteiger partial charge in [-0.3, -0.25) is 55.5 Å². The molecule has 0 unspecified atom stereocenters. The molecule has 8 N–H and O–H groups in total. The lowest BCUT2D eigenvalue weighted by Crippen LogP contribution is -2.46. The van der Waals surface area contributed by atoms with Gasteiger partial charge in [-0.05, 0) is 219 Å². The maximum atomic E-state index is 13.2. The molecule has 0 bridgehead atoms. The van der Waals surface area contributed by atoms with Gasteiger partial charge < -0.3 is 42.5 Å². The van der Waals surface area contributed by atoms with Crippen LogP contribution in [0.25, 0.3) is 89.9 Å². The van der Waals surface area contributed by atoms with E-state index in [0.29, 0.717) is 81.7 Å². The molecule has 4 aliphatic carbocycles. The molecular formula is C98H111N29O6S5. The molecule has 0 spiro atoms. The minimum Gasteiger partial charge on any atom is -0.365 e. The number of sulfonamides is 1. The number of fused-ring (bicyclic) bond motifs is 4. The average Bonchev–Trinajstić information content (AvgIpc) is 1.63. The Labute approximate surface area is 814 Å². The first-order valence-corrected chi connectivity index (χ1v) is 51.5. The number of piperidine rings is 1. The zero-order chi connectivity index (χ0) is 96.3. The van der Waals surface area contributed by atoms with Crippen LogP contribution in [-0.4, -0.2) is 184 Å². The zero-order valence-corrected chi connectivity index (χ0v) is 83.3. The van der Waals surface area contributed by atoms with E-state index in [1.165, 1.54) is 123 Å². The summed E-state index contributed by atoms with van der Waals surface area (Å²) in [7, 11) is 7.94. The fraction of sp³-hybridized carbons (Fsp3) is 0.347. The number of anilines is 8. The molecule has 138 heavy (non-hydrogen) atoms. The number of nitrogens with two attached hydrogens (primary N) is 1. The number of primary amides is 1. The first kappa shape index (κ1) is 94.4. The highest BCUT2D eigenvalue weighted by molar-refractivity contribution is 7.88. The Morgan fingerprint density at radius 1 is 0.420 bits per heavy atom. The van der Waals surface area contributed by atoms with Crippen molar-refractivity contribution in [2.24, 2.45) is 33.9 Å². The number of rotatable bonds is 23. The van der Waals surface area contributed by atoms with Gasteiger partial charge in [-0.15, -0.1) is 45.3 Å². The first-order chi connectivity index (χ1) is 66.6. The summed E-state index contributed by atoms with van der Waals surface area (Å²) >= 11 is 5.58. The van der Waals surface area contributed by atoms with Crippen LogP contribution in [0, 0.1) is 27.7 Å². The van der Waals surface area contributed by atoms with Gasteiger partial charge in [-0.1, -0.05) is 24.3 Å². The summed E-state index contributed by atoms with van der Waals surface area (Å²) in [6.07, 6.45) is 60.3. The molecule has 0 saturated carbocycles. The van der Waals surface area contributed by atoms with E-state index >= 15 is 0 Å². The number of aromatic nitrogens is 20. The van der Waals surface area contributed by atoms with Crippen LogP contribution in [-0.2, 0) is 38.2 Å². The van der Waals surface area contributed by atoms with Gasteiger partial charge in [0.25, 0.3) is 23.6 Å². The third kappa shape index (κ3) is 20.8.